The van der Waals surface area contributed by atoms with Gasteiger partial charge in [-0.3, -0.25) is 0 Å². The standard InChI is InChI=1S/C17H32N2O.ClH/c1-17(9-10-18-13-17)14-19-11-7-16(8-12-19)20-15-5-3-2-4-6-15;/h15-16,18H,2-14H2,1H3;1H. The van der Waals surface area contributed by atoms with Gasteiger partial charge in [0.1, 0.15) is 0 Å². The summed E-state index contributed by atoms with van der Waals surface area (Å²) in [5.41, 5.74) is 0.511. The Balaban J connectivity index is 0.00000161. The third-order valence-corrected chi connectivity index (χ3v) is 5.53. The van der Waals surface area contributed by atoms with Gasteiger partial charge in [-0.05, 0) is 44.1 Å². The molecule has 2 aliphatic heterocycles. The first-order valence-corrected chi connectivity index (χ1v) is 8.82. The fourth-order valence-electron chi connectivity index (χ4n) is 4.22. The summed E-state index contributed by atoms with van der Waals surface area (Å²) in [7, 11) is 0. The number of likely N-dealkylation sites (tertiary alicyclic amines) is 1. The van der Waals surface area contributed by atoms with Gasteiger partial charge in [0.15, 0.2) is 0 Å². The number of piperidine rings is 1. The second-order valence-corrected chi connectivity index (χ2v) is 7.61. The molecule has 2 saturated heterocycles. The second-order valence-electron chi connectivity index (χ2n) is 7.61. The van der Waals surface area contributed by atoms with Crippen molar-refractivity contribution in [1.29, 1.82) is 0 Å². The van der Waals surface area contributed by atoms with E-state index in [-0.39, 0.29) is 12.4 Å². The van der Waals surface area contributed by atoms with E-state index in [0.29, 0.717) is 17.6 Å². The maximum Gasteiger partial charge on any atom is 0.0603 e. The highest BCUT2D eigenvalue weighted by Gasteiger charge is 2.32. The molecule has 21 heavy (non-hydrogen) atoms. The molecule has 3 aliphatic rings. The summed E-state index contributed by atoms with van der Waals surface area (Å²) in [5, 5.41) is 3.51. The highest BCUT2D eigenvalue weighted by atomic mass is 35.5. The third kappa shape index (κ3) is 5.09. The summed E-state index contributed by atoms with van der Waals surface area (Å²) in [6.45, 7) is 8.61. The van der Waals surface area contributed by atoms with Crippen molar-refractivity contribution in [2.24, 2.45) is 5.41 Å². The SMILES string of the molecule is CC1(CN2CCC(OC3CCCCC3)CC2)CCNC1.Cl. The molecule has 3 fully saturated rings. The van der Waals surface area contributed by atoms with E-state index < -0.39 is 0 Å². The number of ether oxygens (including phenoxy) is 1. The number of nitrogens with one attached hydrogen (secondary N) is 1. The van der Waals surface area contributed by atoms with Gasteiger partial charge in [-0.1, -0.05) is 26.2 Å². The Labute approximate surface area is 136 Å². The highest BCUT2D eigenvalue weighted by Crippen LogP contribution is 2.29. The van der Waals surface area contributed by atoms with E-state index in [2.05, 4.69) is 17.1 Å². The molecule has 1 saturated carbocycles. The van der Waals surface area contributed by atoms with E-state index in [1.807, 2.05) is 0 Å². The number of rotatable bonds is 4. The van der Waals surface area contributed by atoms with Gasteiger partial charge in [0.05, 0.1) is 12.2 Å². The number of halogens is 1. The molecule has 1 atom stereocenters. The average Bonchev–Trinajstić information content (AvgIpc) is 2.89. The van der Waals surface area contributed by atoms with Crippen LogP contribution in [0.5, 0.6) is 0 Å². The molecule has 4 heteroatoms. The van der Waals surface area contributed by atoms with E-state index in [1.54, 1.807) is 0 Å². The van der Waals surface area contributed by atoms with Crippen LogP contribution in [0.4, 0.5) is 0 Å². The van der Waals surface area contributed by atoms with Crippen LogP contribution < -0.4 is 5.32 Å². The van der Waals surface area contributed by atoms with Crippen LogP contribution in [0.15, 0.2) is 0 Å². The summed E-state index contributed by atoms with van der Waals surface area (Å²) < 4.78 is 6.34. The van der Waals surface area contributed by atoms with E-state index in [9.17, 15) is 0 Å². The lowest BCUT2D eigenvalue weighted by Gasteiger charge is -2.38. The number of nitrogens with zero attached hydrogens (tertiary/aromatic N) is 1. The molecule has 2 heterocycles. The highest BCUT2D eigenvalue weighted by molar-refractivity contribution is 5.85. The van der Waals surface area contributed by atoms with Gasteiger partial charge in [0.25, 0.3) is 0 Å². The maximum absolute atomic E-state index is 6.34. The zero-order chi connectivity index (χ0) is 13.8. The van der Waals surface area contributed by atoms with Gasteiger partial charge >= 0.3 is 0 Å². The Bertz CT molecular complexity index is 293. The first-order valence-electron chi connectivity index (χ1n) is 8.82. The second kappa shape index (κ2) is 8.14. The monoisotopic (exact) mass is 316 g/mol. The molecule has 1 aliphatic carbocycles. The Morgan fingerprint density at radius 1 is 1.05 bits per heavy atom. The minimum absolute atomic E-state index is 0. The van der Waals surface area contributed by atoms with Crippen LogP contribution in [0.2, 0.25) is 0 Å². The van der Waals surface area contributed by atoms with E-state index in [0.717, 1.165) is 0 Å². The zero-order valence-corrected chi connectivity index (χ0v) is 14.4. The minimum atomic E-state index is 0. The van der Waals surface area contributed by atoms with Crippen LogP contribution in [0.1, 0.15) is 58.3 Å². The molecule has 0 aromatic carbocycles. The van der Waals surface area contributed by atoms with Gasteiger partial charge < -0.3 is 15.0 Å². The van der Waals surface area contributed by atoms with Crippen LogP contribution in [-0.2, 0) is 4.74 Å². The zero-order valence-electron chi connectivity index (χ0n) is 13.6. The van der Waals surface area contributed by atoms with Crippen LogP contribution in [-0.4, -0.2) is 49.8 Å². The predicted octanol–water partition coefficient (Wildman–Crippen LogP) is 3.22. The summed E-state index contributed by atoms with van der Waals surface area (Å²) >= 11 is 0. The molecule has 0 aromatic rings. The van der Waals surface area contributed by atoms with E-state index >= 15 is 0 Å². The first kappa shape index (κ1) is 17.5. The van der Waals surface area contributed by atoms with Crippen molar-refractivity contribution in [3.05, 3.63) is 0 Å². The molecule has 1 N–H and O–H groups in total. The summed E-state index contributed by atoms with van der Waals surface area (Å²) in [6, 6.07) is 0. The van der Waals surface area contributed by atoms with Crippen LogP contribution in [0.25, 0.3) is 0 Å². The molecule has 0 radical (unpaired) electrons. The Morgan fingerprint density at radius 2 is 1.71 bits per heavy atom. The molecule has 0 aromatic heterocycles. The molecule has 0 spiro atoms. The maximum atomic E-state index is 6.34. The Kier molecular flexibility index (Phi) is 6.79. The van der Waals surface area contributed by atoms with Crippen molar-refractivity contribution in [1.82, 2.24) is 10.2 Å². The molecular weight excluding hydrogens is 284 g/mol. The van der Waals surface area contributed by atoms with Gasteiger partial charge in [-0.25, -0.2) is 0 Å². The first-order chi connectivity index (χ1) is 9.73. The fourth-order valence-corrected chi connectivity index (χ4v) is 4.22. The average molecular weight is 317 g/mol. The topological polar surface area (TPSA) is 24.5 Å². The number of hydrogen-bond donors (Lipinski definition) is 1. The molecule has 3 nitrogen and oxygen atoms in total. The Hall–Kier alpha value is 0.170. The van der Waals surface area contributed by atoms with E-state index in [4.69, 9.17) is 4.74 Å². The van der Waals surface area contributed by atoms with Gasteiger partial charge in [-0.15, -0.1) is 12.4 Å². The smallest absolute Gasteiger partial charge is 0.0603 e. The fraction of sp³-hybridized carbons (Fsp3) is 1.00. The lowest BCUT2D eigenvalue weighted by atomic mass is 9.88. The van der Waals surface area contributed by atoms with Crippen LogP contribution in [0, 0.1) is 5.41 Å². The van der Waals surface area contributed by atoms with E-state index in [1.165, 1.54) is 84.1 Å². The largest absolute Gasteiger partial charge is 0.375 e. The lowest BCUT2D eigenvalue weighted by Crippen LogP contribution is -2.44. The summed E-state index contributed by atoms with van der Waals surface area (Å²) in [5.74, 6) is 0. The summed E-state index contributed by atoms with van der Waals surface area (Å²) in [6.07, 6.45) is 11.8. The van der Waals surface area contributed by atoms with Crippen molar-refractivity contribution >= 4 is 12.4 Å². The summed E-state index contributed by atoms with van der Waals surface area (Å²) in [4.78, 5) is 2.67. The molecule has 3 rings (SSSR count). The molecule has 0 bridgehead atoms. The quantitative estimate of drug-likeness (QED) is 0.862. The Morgan fingerprint density at radius 3 is 2.33 bits per heavy atom. The normalized spacial score (nSPS) is 33.0. The van der Waals surface area contributed by atoms with Crippen molar-refractivity contribution in [2.45, 2.75) is 70.5 Å². The van der Waals surface area contributed by atoms with Crippen LogP contribution >= 0.6 is 12.4 Å². The predicted molar refractivity (Wildman–Crippen MR) is 90.3 cm³/mol. The van der Waals surface area contributed by atoms with Crippen molar-refractivity contribution in [3.63, 3.8) is 0 Å². The van der Waals surface area contributed by atoms with Gasteiger partial charge in [0.2, 0.25) is 0 Å². The van der Waals surface area contributed by atoms with Crippen LogP contribution in [0.3, 0.4) is 0 Å². The molecule has 0 amide bonds. The molecule has 1 unspecified atom stereocenters. The van der Waals surface area contributed by atoms with Gasteiger partial charge in [0, 0.05) is 26.2 Å². The molecular formula is C17H33ClN2O. The molecule has 124 valence electrons. The lowest BCUT2D eigenvalue weighted by molar-refractivity contribution is -0.0585. The third-order valence-electron chi connectivity index (χ3n) is 5.53. The van der Waals surface area contributed by atoms with Crippen molar-refractivity contribution in [2.75, 3.05) is 32.7 Å². The van der Waals surface area contributed by atoms with Gasteiger partial charge in [-0.2, -0.15) is 0 Å². The minimum Gasteiger partial charge on any atom is -0.375 e. The van der Waals surface area contributed by atoms with Crippen molar-refractivity contribution < 1.29 is 4.74 Å². The number of hydrogen-bond acceptors (Lipinski definition) is 3. The van der Waals surface area contributed by atoms with Crippen molar-refractivity contribution in [3.8, 4) is 0 Å².